The highest BCUT2D eigenvalue weighted by Crippen LogP contribution is 2.29. The van der Waals surface area contributed by atoms with Gasteiger partial charge in [0.15, 0.2) is 4.96 Å². The number of imidazole rings is 1. The van der Waals surface area contributed by atoms with Crippen molar-refractivity contribution in [3.63, 3.8) is 0 Å². The number of hydrogen-bond donors (Lipinski definition) is 0. The van der Waals surface area contributed by atoms with Crippen molar-refractivity contribution in [3.8, 4) is 11.3 Å². The average Bonchev–Trinajstić information content (AvgIpc) is 3.15. The first-order chi connectivity index (χ1) is 11.6. The number of piperidine rings is 1. The van der Waals surface area contributed by atoms with Crippen LogP contribution in [-0.2, 0) is 0 Å². The van der Waals surface area contributed by atoms with Gasteiger partial charge in [0.1, 0.15) is 4.88 Å². The number of nitrogens with zero attached hydrogens (tertiary/aromatic N) is 3. The molecule has 1 aliphatic heterocycles. The van der Waals surface area contributed by atoms with Crippen LogP contribution in [0.5, 0.6) is 0 Å². The van der Waals surface area contributed by atoms with E-state index < -0.39 is 0 Å². The van der Waals surface area contributed by atoms with E-state index in [-0.39, 0.29) is 5.91 Å². The van der Waals surface area contributed by atoms with Gasteiger partial charge in [-0.05, 0) is 33.1 Å². The van der Waals surface area contributed by atoms with Crippen molar-refractivity contribution in [2.45, 2.75) is 39.2 Å². The van der Waals surface area contributed by atoms with Crippen molar-refractivity contribution < 1.29 is 4.79 Å². The number of carbonyl (C=O) groups is 1. The monoisotopic (exact) mass is 339 g/mol. The summed E-state index contributed by atoms with van der Waals surface area (Å²) in [7, 11) is 0. The number of benzene rings is 1. The van der Waals surface area contributed by atoms with Crippen molar-refractivity contribution in [2.75, 3.05) is 6.54 Å². The van der Waals surface area contributed by atoms with Crippen LogP contribution in [0, 0.1) is 6.92 Å². The molecule has 0 bridgehead atoms. The van der Waals surface area contributed by atoms with Gasteiger partial charge in [-0.1, -0.05) is 41.7 Å². The molecule has 24 heavy (non-hydrogen) atoms. The Morgan fingerprint density at radius 3 is 2.75 bits per heavy atom. The van der Waals surface area contributed by atoms with E-state index in [9.17, 15) is 4.79 Å². The number of amides is 1. The molecule has 0 spiro atoms. The van der Waals surface area contributed by atoms with Crippen molar-refractivity contribution in [2.24, 2.45) is 0 Å². The van der Waals surface area contributed by atoms with Gasteiger partial charge in [0.2, 0.25) is 0 Å². The van der Waals surface area contributed by atoms with Crippen molar-refractivity contribution in [3.05, 3.63) is 47.1 Å². The molecule has 0 unspecified atom stereocenters. The highest BCUT2D eigenvalue weighted by Gasteiger charge is 2.27. The van der Waals surface area contributed by atoms with E-state index in [1.165, 1.54) is 17.8 Å². The molecule has 3 heterocycles. The van der Waals surface area contributed by atoms with Gasteiger partial charge in [-0.25, -0.2) is 4.98 Å². The Labute approximate surface area is 145 Å². The van der Waals surface area contributed by atoms with Crippen LogP contribution in [0.2, 0.25) is 0 Å². The molecule has 0 saturated carbocycles. The fourth-order valence-corrected chi connectivity index (χ4v) is 4.49. The quantitative estimate of drug-likeness (QED) is 0.694. The summed E-state index contributed by atoms with van der Waals surface area (Å²) in [5.74, 6) is 0.163. The normalized spacial score (nSPS) is 18.2. The van der Waals surface area contributed by atoms with Gasteiger partial charge in [0.25, 0.3) is 5.91 Å². The minimum atomic E-state index is 0.163. The van der Waals surface area contributed by atoms with E-state index in [1.807, 2.05) is 36.2 Å². The molecule has 1 aliphatic rings. The van der Waals surface area contributed by atoms with Gasteiger partial charge in [0, 0.05) is 30.0 Å². The lowest BCUT2D eigenvalue weighted by Crippen LogP contribution is -2.41. The third kappa shape index (κ3) is 2.53. The number of carbonyl (C=O) groups excluding carboxylic acids is 1. The second-order valence-corrected chi connectivity index (χ2v) is 7.48. The maximum Gasteiger partial charge on any atom is 0.266 e. The van der Waals surface area contributed by atoms with Crippen LogP contribution in [0.15, 0.2) is 36.5 Å². The molecule has 1 atom stereocenters. The summed E-state index contributed by atoms with van der Waals surface area (Å²) in [6, 6.07) is 10.5. The highest BCUT2D eigenvalue weighted by molar-refractivity contribution is 7.19. The van der Waals surface area contributed by atoms with Gasteiger partial charge in [0.05, 0.1) is 5.69 Å². The van der Waals surface area contributed by atoms with E-state index in [1.54, 1.807) is 0 Å². The Hall–Kier alpha value is -2.14. The van der Waals surface area contributed by atoms with Gasteiger partial charge in [-0.15, -0.1) is 0 Å². The molecule has 5 heteroatoms. The molecular weight excluding hydrogens is 318 g/mol. The third-order valence-corrected chi connectivity index (χ3v) is 6.03. The zero-order valence-corrected chi connectivity index (χ0v) is 14.8. The summed E-state index contributed by atoms with van der Waals surface area (Å²) < 4.78 is 2.05. The van der Waals surface area contributed by atoms with Crippen LogP contribution >= 0.6 is 11.3 Å². The van der Waals surface area contributed by atoms with Gasteiger partial charge < -0.3 is 4.90 Å². The van der Waals surface area contributed by atoms with Gasteiger partial charge >= 0.3 is 0 Å². The molecular formula is C19H21N3OS. The molecule has 1 saturated heterocycles. The lowest BCUT2D eigenvalue weighted by molar-refractivity contribution is 0.0639. The predicted octanol–water partition coefficient (Wildman–Crippen LogP) is 4.39. The number of thiazole rings is 1. The zero-order valence-electron chi connectivity index (χ0n) is 14.0. The van der Waals surface area contributed by atoms with Gasteiger partial charge in [-0.2, -0.15) is 0 Å². The Kier molecular flexibility index (Phi) is 3.88. The van der Waals surface area contributed by atoms with E-state index in [0.717, 1.165) is 46.2 Å². The van der Waals surface area contributed by atoms with Crippen molar-refractivity contribution in [1.82, 2.24) is 14.3 Å². The first-order valence-electron chi connectivity index (χ1n) is 8.50. The third-order valence-electron chi connectivity index (χ3n) is 4.88. The van der Waals surface area contributed by atoms with Crippen LogP contribution in [-0.4, -0.2) is 32.8 Å². The summed E-state index contributed by atoms with van der Waals surface area (Å²) in [6.45, 7) is 5.04. The molecule has 3 aromatic rings. The first kappa shape index (κ1) is 15.4. The molecule has 1 aromatic carbocycles. The molecule has 4 rings (SSSR count). The molecule has 2 aromatic heterocycles. The largest absolute Gasteiger partial charge is 0.335 e. The Bertz CT molecular complexity index is 881. The first-order valence-corrected chi connectivity index (χ1v) is 9.31. The van der Waals surface area contributed by atoms with Crippen LogP contribution in [0.3, 0.4) is 0 Å². The summed E-state index contributed by atoms with van der Waals surface area (Å²) in [4.78, 5) is 21.4. The molecule has 1 amide bonds. The number of hydrogen-bond acceptors (Lipinski definition) is 3. The topological polar surface area (TPSA) is 37.6 Å². The van der Waals surface area contributed by atoms with Crippen molar-refractivity contribution >= 4 is 22.2 Å². The van der Waals surface area contributed by atoms with Crippen molar-refractivity contribution in [1.29, 1.82) is 0 Å². The standard InChI is InChI=1S/C19H21N3OS/c1-13-8-6-7-11-21(13)18(23)17-14(2)22-12-16(20-19(22)24-17)15-9-4-3-5-10-15/h3-5,9-10,12-13H,6-8,11H2,1-2H3/t13-/m1/s1. The summed E-state index contributed by atoms with van der Waals surface area (Å²) in [6.07, 6.45) is 5.46. The van der Waals surface area contributed by atoms with Crippen LogP contribution in [0.4, 0.5) is 0 Å². The van der Waals surface area contributed by atoms with Crippen LogP contribution in [0.1, 0.15) is 41.6 Å². The molecule has 0 radical (unpaired) electrons. The van der Waals surface area contributed by atoms with Crippen LogP contribution < -0.4 is 0 Å². The van der Waals surface area contributed by atoms with E-state index in [0.29, 0.717) is 6.04 Å². The van der Waals surface area contributed by atoms with Gasteiger partial charge in [-0.3, -0.25) is 9.20 Å². The molecule has 124 valence electrons. The number of aryl methyl sites for hydroxylation is 1. The van der Waals surface area contributed by atoms with E-state index >= 15 is 0 Å². The number of likely N-dealkylation sites (tertiary alicyclic amines) is 1. The summed E-state index contributed by atoms with van der Waals surface area (Å²) in [5, 5.41) is 0. The van der Waals surface area contributed by atoms with Crippen LogP contribution in [0.25, 0.3) is 16.2 Å². The average molecular weight is 339 g/mol. The molecule has 4 nitrogen and oxygen atoms in total. The molecule has 1 fully saturated rings. The Morgan fingerprint density at radius 2 is 2.04 bits per heavy atom. The fourth-order valence-electron chi connectivity index (χ4n) is 3.43. The SMILES string of the molecule is Cc1c(C(=O)N2CCCC[C@H]2C)sc2nc(-c3ccccc3)cn12. The predicted molar refractivity (Wildman–Crippen MR) is 97.6 cm³/mol. The zero-order chi connectivity index (χ0) is 16.7. The second kappa shape index (κ2) is 6.06. The summed E-state index contributed by atoms with van der Waals surface area (Å²) in [5.41, 5.74) is 3.05. The number of fused-ring (bicyclic) bond motifs is 1. The Morgan fingerprint density at radius 1 is 1.25 bits per heavy atom. The molecule has 0 aliphatic carbocycles. The lowest BCUT2D eigenvalue weighted by Gasteiger charge is -2.33. The lowest BCUT2D eigenvalue weighted by atomic mass is 10.0. The maximum atomic E-state index is 12.9. The van der Waals surface area contributed by atoms with E-state index in [2.05, 4.69) is 23.5 Å². The maximum absolute atomic E-state index is 12.9. The highest BCUT2D eigenvalue weighted by atomic mass is 32.1. The smallest absolute Gasteiger partial charge is 0.266 e. The fraction of sp³-hybridized carbons (Fsp3) is 0.368. The minimum absolute atomic E-state index is 0.163. The minimum Gasteiger partial charge on any atom is -0.335 e. The Balaban J connectivity index is 1.69. The number of rotatable bonds is 2. The number of aromatic nitrogens is 2. The molecule has 0 N–H and O–H groups in total. The second-order valence-electron chi connectivity index (χ2n) is 6.50. The van der Waals surface area contributed by atoms with E-state index in [4.69, 9.17) is 4.98 Å². The summed E-state index contributed by atoms with van der Waals surface area (Å²) >= 11 is 1.50.